The first kappa shape index (κ1) is 24.2. The maximum atomic E-state index is 10.7. The van der Waals surface area contributed by atoms with Gasteiger partial charge in [-0.25, -0.2) is 9.83 Å². The number of phenolic OH excluding ortho intramolecular Hbond substituents is 1. The van der Waals surface area contributed by atoms with E-state index in [1.165, 1.54) is 0 Å². The van der Waals surface area contributed by atoms with Gasteiger partial charge in [0.15, 0.2) is 0 Å². The summed E-state index contributed by atoms with van der Waals surface area (Å²) in [6.45, 7) is 7.88. The number of aromatic hydroxyl groups is 1. The number of pyridine rings is 1. The molecular formula is C31H19N4OPt-. The van der Waals surface area contributed by atoms with E-state index in [1.54, 1.807) is 18.3 Å². The molecule has 0 bridgehead atoms. The molecule has 0 aliphatic rings. The van der Waals surface area contributed by atoms with Gasteiger partial charge in [0.25, 0.3) is 0 Å². The Kier molecular flexibility index (Phi) is 6.68. The molecule has 6 heteroatoms. The molecule has 0 saturated carbocycles. The van der Waals surface area contributed by atoms with Gasteiger partial charge in [0, 0.05) is 38.6 Å². The molecule has 0 saturated heterocycles. The fraction of sp³-hybridized carbons (Fsp3) is 0. The van der Waals surface area contributed by atoms with E-state index in [9.17, 15) is 5.11 Å². The quantitative estimate of drug-likeness (QED) is 0.200. The van der Waals surface area contributed by atoms with Crippen LogP contribution in [0.25, 0.3) is 55.3 Å². The van der Waals surface area contributed by atoms with Crippen molar-refractivity contribution in [3.05, 3.63) is 127 Å². The summed E-state index contributed by atoms with van der Waals surface area (Å²) in [6, 6.07) is 35.9. The molecule has 0 unspecified atom stereocenters. The zero-order valence-electron chi connectivity index (χ0n) is 19.4. The van der Waals surface area contributed by atoms with Gasteiger partial charge in [-0.15, -0.1) is 29.8 Å². The van der Waals surface area contributed by atoms with Crippen molar-refractivity contribution >= 4 is 16.7 Å². The van der Waals surface area contributed by atoms with E-state index in [1.807, 2.05) is 95.6 Å². The molecule has 2 heterocycles. The van der Waals surface area contributed by atoms with Crippen LogP contribution in [0.5, 0.6) is 5.75 Å². The van der Waals surface area contributed by atoms with E-state index in [2.05, 4.69) is 15.9 Å². The van der Waals surface area contributed by atoms with Gasteiger partial charge in [-0.05, 0) is 30.3 Å². The third-order valence-corrected chi connectivity index (χ3v) is 6.09. The van der Waals surface area contributed by atoms with Crippen molar-refractivity contribution in [2.75, 3.05) is 0 Å². The summed E-state index contributed by atoms with van der Waals surface area (Å²) in [5.41, 5.74) is 6.67. The zero-order valence-corrected chi connectivity index (χ0v) is 21.7. The predicted molar refractivity (Wildman–Crippen MR) is 142 cm³/mol. The van der Waals surface area contributed by atoms with Gasteiger partial charge in [-0.1, -0.05) is 65.7 Å². The van der Waals surface area contributed by atoms with Crippen molar-refractivity contribution in [2.45, 2.75) is 0 Å². The number of hydrogen-bond donors (Lipinski definition) is 1. The summed E-state index contributed by atoms with van der Waals surface area (Å²) < 4.78 is 1.95. The summed E-state index contributed by atoms with van der Waals surface area (Å²) in [7, 11) is 0. The van der Waals surface area contributed by atoms with E-state index >= 15 is 0 Å². The molecule has 1 N–H and O–H groups in total. The van der Waals surface area contributed by atoms with Crippen LogP contribution in [0.15, 0.2) is 109 Å². The minimum atomic E-state index is 0. The fourth-order valence-electron chi connectivity index (χ4n) is 4.44. The minimum absolute atomic E-state index is 0. The van der Waals surface area contributed by atoms with E-state index in [0.29, 0.717) is 28.1 Å². The number of para-hydroxylation sites is 2. The van der Waals surface area contributed by atoms with Crippen LogP contribution in [-0.4, -0.2) is 19.6 Å². The molecule has 6 rings (SSSR count). The standard InChI is InChI=1S/C31H19N4O.Pt/c1-32-27-18-17-24(21-10-9-11-22(20-21)26-15-7-8-19-33-26)29-30(27)35(23-12-3-2-4-13-23)31(34-29)25-14-5-6-16-28(25)36;/h2-19,36H;/q-1;. The fourth-order valence-corrected chi connectivity index (χ4v) is 4.44. The molecular weight excluding hydrogens is 639 g/mol. The van der Waals surface area contributed by atoms with Gasteiger partial charge in [-0.2, -0.15) is 0 Å². The molecule has 0 radical (unpaired) electrons. The van der Waals surface area contributed by atoms with Gasteiger partial charge < -0.3 is 9.67 Å². The average molecular weight is 659 g/mol. The number of phenols is 1. The first-order valence-electron chi connectivity index (χ1n) is 11.5. The number of hydrogen-bond acceptors (Lipinski definition) is 3. The first-order valence-corrected chi connectivity index (χ1v) is 11.5. The van der Waals surface area contributed by atoms with Crippen LogP contribution in [-0.2, 0) is 21.1 Å². The second-order valence-corrected chi connectivity index (χ2v) is 8.26. The Labute approximate surface area is 228 Å². The van der Waals surface area contributed by atoms with E-state index < -0.39 is 0 Å². The normalized spacial score (nSPS) is 10.6. The van der Waals surface area contributed by atoms with Crippen LogP contribution in [0.1, 0.15) is 0 Å². The van der Waals surface area contributed by atoms with Crippen LogP contribution < -0.4 is 0 Å². The van der Waals surface area contributed by atoms with Crippen LogP contribution in [0.3, 0.4) is 0 Å². The maximum absolute atomic E-state index is 10.7. The third-order valence-electron chi connectivity index (χ3n) is 6.09. The van der Waals surface area contributed by atoms with Crippen LogP contribution in [0.2, 0.25) is 0 Å². The molecule has 37 heavy (non-hydrogen) atoms. The number of fused-ring (bicyclic) bond motifs is 1. The number of benzene rings is 4. The number of aromatic nitrogens is 3. The second-order valence-electron chi connectivity index (χ2n) is 8.26. The van der Waals surface area contributed by atoms with Crippen LogP contribution in [0, 0.1) is 12.6 Å². The topological polar surface area (TPSA) is 55.3 Å². The minimum Gasteiger partial charge on any atom is -0.507 e. The molecule has 6 aromatic rings. The SMILES string of the molecule is [C-]#[N+]c1ccc(-c2[c-]c(-c3ccccn3)ccc2)c2nc(-c3ccccc3O)n(-c3ccccc3)c12.[Pt]. The van der Waals surface area contributed by atoms with Gasteiger partial charge >= 0.3 is 0 Å². The van der Waals surface area contributed by atoms with Crippen molar-refractivity contribution in [3.63, 3.8) is 0 Å². The van der Waals surface area contributed by atoms with Crippen LogP contribution in [0.4, 0.5) is 5.69 Å². The molecule has 5 nitrogen and oxygen atoms in total. The van der Waals surface area contributed by atoms with Gasteiger partial charge in [0.2, 0.25) is 5.69 Å². The molecule has 4 aromatic carbocycles. The molecule has 0 spiro atoms. The smallest absolute Gasteiger partial charge is 0.211 e. The zero-order chi connectivity index (χ0) is 24.5. The molecule has 0 aliphatic carbocycles. The largest absolute Gasteiger partial charge is 0.507 e. The Balaban J connectivity index is 0.00000280. The maximum Gasteiger partial charge on any atom is 0.211 e. The van der Waals surface area contributed by atoms with Crippen molar-refractivity contribution in [1.82, 2.24) is 14.5 Å². The molecule has 2 aromatic heterocycles. The Morgan fingerprint density at radius 3 is 2.27 bits per heavy atom. The van der Waals surface area contributed by atoms with E-state index in [0.717, 1.165) is 28.1 Å². The van der Waals surface area contributed by atoms with Gasteiger partial charge in [0.05, 0.1) is 23.2 Å². The number of rotatable bonds is 4. The molecule has 0 aliphatic heterocycles. The van der Waals surface area contributed by atoms with Gasteiger partial charge in [-0.3, -0.25) is 4.98 Å². The second kappa shape index (κ2) is 10.2. The summed E-state index contributed by atoms with van der Waals surface area (Å²) >= 11 is 0. The summed E-state index contributed by atoms with van der Waals surface area (Å²) in [5.74, 6) is 0.687. The van der Waals surface area contributed by atoms with Crippen molar-refractivity contribution in [2.24, 2.45) is 0 Å². The predicted octanol–water partition coefficient (Wildman–Crippen LogP) is 7.48. The summed E-state index contributed by atoms with van der Waals surface area (Å²) in [4.78, 5) is 13.3. The monoisotopic (exact) mass is 658 g/mol. The first-order chi connectivity index (χ1) is 17.7. The van der Waals surface area contributed by atoms with Gasteiger partial charge in [0.1, 0.15) is 11.6 Å². The molecule has 180 valence electrons. The molecule has 0 amide bonds. The van der Waals surface area contributed by atoms with Crippen molar-refractivity contribution in [3.8, 4) is 45.2 Å². The summed E-state index contributed by atoms with van der Waals surface area (Å²) in [5, 5.41) is 10.7. The number of nitrogens with zero attached hydrogens (tertiary/aromatic N) is 4. The Morgan fingerprint density at radius 2 is 1.51 bits per heavy atom. The molecule has 0 fully saturated rings. The van der Waals surface area contributed by atoms with Crippen LogP contribution >= 0.6 is 0 Å². The van der Waals surface area contributed by atoms with Crippen molar-refractivity contribution in [1.29, 1.82) is 0 Å². The Bertz CT molecular complexity index is 1760. The summed E-state index contributed by atoms with van der Waals surface area (Å²) in [6.07, 6.45) is 1.76. The average Bonchev–Trinajstić information content (AvgIpc) is 3.34. The Hall–Kier alpha value is -4.52. The third kappa shape index (κ3) is 4.33. The Morgan fingerprint density at radius 1 is 0.757 bits per heavy atom. The van der Waals surface area contributed by atoms with Crippen molar-refractivity contribution < 1.29 is 26.2 Å². The molecule has 0 atom stereocenters. The van der Waals surface area contributed by atoms with E-state index in [4.69, 9.17) is 11.6 Å². The number of imidazole rings is 1. The van der Waals surface area contributed by atoms with E-state index in [-0.39, 0.29) is 26.8 Å².